The first-order chi connectivity index (χ1) is 13.4. The summed E-state index contributed by atoms with van der Waals surface area (Å²) in [7, 11) is 0. The van der Waals surface area contributed by atoms with Gasteiger partial charge in [0.05, 0.1) is 22.2 Å². The number of nitrogens with zero attached hydrogens (tertiary/aromatic N) is 3. The molecule has 1 amide bonds. The molecule has 0 fully saturated rings. The molecule has 28 heavy (non-hydrogen) atoms. The average Bonchev–Trinajstić information content (AvgIpc) is 3.09. The van der Waals surface area contributed by atoms with Crippen molar-refractivity contribution in [3.63, 3.8) is 0 Å². The summed E-state index contributed by atoms with van der Waals surface area (Å²) in [6.45, 7) is 4.58. The van der Waals surface area contributed by atoms with Crippen molar-refractivity contribution in [2.75, 3.05) is 0 Å². The Labute approximate surface area is 173 Å². The zero-order valence-electron chi connectivity index (χ0n) is 15.6. The molecule has 0 saturated carbocycles. The smallest absolute Gasteiger partial charge is 0.257 e. The Morgan fingerprint density at radius 3 is 2.61 bits per heavy atom. The van der Waals surface area contributed by atoms with Crippen LogP contribution in [0.5, 0.6) is 0 Å². The van der Waals surface area contributed by atoms with Gasteiger partial charge < -0.3 is 9.47 Å². The Hall–Kier alpha value is -2.37. The minimum Gasteiger partial charge on any atom is -0.329 e. The fourth-order valence-electron chi connectivity index (χ4n) is 2.90. The molecule has 0 N–H and O–H groups in total. The first kappa shape index (κ1) is 20.4. The van der Waals surface area contributed by atoms with Gasteiger partial charge in [-0.2, -0.15) is 0 Å². The van der Waals surface area contributed by atoms with Crippen molar-refractivity contribution >= 4 is 29.1 Å². The highest BCUT2D eigenvalue weighted by molar-refractivity contribution is 6.42. The molecular formula is C21H20Cl2FN3O. The molecule has 0 aliphatic heterocycles. The number of halogens is 3. The average molecular weight is 420 g/mol. The molecule has 0 saturated heterocycles. The number of imidazole rings is 1. The van der Waals surface area contributed by atoms with Gasteiger partial charge in [0.15, 0.2) is 0 Å². The Kier molecular flexibility index (Phi) is 6.37. The first-order valence-corrected chi connectivity index (χ1v) is 9.62. The number of carbonyl (C=O) groups excluding carboxylic acids is 1. The number of amides is 1. The van der Waals surface area contributed by atoms with Crippen LogP contribution in [-0.2, 0) is 13.1 Å². The number of hydrogen-bond donors (Lipinski definition) is 0. The Balaban J connectivity index is 1.83. The van der Waals surface area contributed by atoms with E-state index in [2.05, 4.69) is 4.98 Å². The highest BCUT2D eigenvalue weighted by atomic mass is 35.5. The number of hydrogen-bond acceptors (Lipinski definition) is 2. The van der Waals surface area contributed by atoms with E-state index in [1.54, 1.807) is 35.4 Å². The largest absolute Gasteiger partial charge is 0.329 e. The molecule has 2 aromatic carbocycles. The summed E-state index contributed by atoms with van der Waals surface area (Å²) in [5, 5.41) is 0.983. The second-order valence-electron chi connectivity index (χ2n) is 6.73. The topological polar surface area (TPSA) is 38.1 Å². The molecule has 146 valence electrons. The standard InChI is InChI=1S/C21H20Cl2FN3O/c1-14(2)27(21(28)16-5-3-4-6-19(16)24)13-20-25-9-10-26(20)12-15-7-8-17(22)18(23)11-15/h3-11,14H,12-13H2,1-2H3. The van der Waals surface area contributed by atoms with E-state index in [9.17, 15) is 9.18 Å². The van der Waals surface area contributed by atoms with Crippen molar-refractivity contribution in [2.45, 2.75) is 33.0 Å². The van der Waals surface area contributed by atoms with Crippen molar-refractivity contribution in [1.29, 1.82) is 0 Å². The number of carbonyl (C=O) groups is 1. The molecule has 0 radical (unpaired) electrons. The van der Waals surface area contributed by atoms with Crippen LogP contribution < -0.4 is 0 Å². The Morgan fingerprint density at radius 1 is 1.18 bits per heavy atom. The molecule has 3 aromatic rings. The van der Waals surface area contributed by atoms with E-state index in [1.807, 2.05) is 30.7 Å². The Morgan fingerprint density at radius 2 is 1.93 bits per heavy atom. The highest BCUT2D eigenvalue weighted by Crippen LogP contribution is 2.23. The lowest BCUT2D eigenvalue weighted by atomic mass is 10.1. The molecule has 0 unspecified atom stereocenters. The van der Waals surface area contributed by atoms with Crippen LogP contribution in [0, 0.1) is 5.82 Å². The van der Waals surface area contributed by atoms with Gasteiger partial charge in [0, 0.05) is 25.0 Å². The van der Waals surface area contributed by atoms with Crippen molar-refractivity contribution in [1.82, 2.24) is 14.5 Å². The molecule has 3 rings (SSSR count). The maximum atomic E-state index is 14.1. The number of rotatable bonds is 6. The number of aromatic nitrogens is 2. The van der Waals surface area contributed by atoms with E-state index in [-0.39, 0.29) is 24.1 Å². The van der Waals surface area contributed by atoms with Gasteiger partial charge in [0.2, 0.25) is 0 Å². The van der Waals surface area contributed by atoms with Gasteiger partial charge in [-0.1, -0.05) is 41.4 Å². The van der Waals surface area contributed by atoms with Crippen LogP contribution in [0.25, 0.3) is 0 Å². The quantitative estimate of drug-likeness (QED) is 0.534. The van der Waals surface area contributed by atoms with Crippen molar-refractivity contribution in [3.05, 3.63) is 87.7 Å². The van der Waals surface area contributed by atoms with Crippen molar-refractivity contribution < 1.29 is 9.18 Å². The maximum Gasteiger partial charge on any atom is 0.257 e. The van der Waals surface area contributed by atoms with Gasteiger partial charge in [-0.15, -0.1) is 0 Å². The summed E-state index contributed by atoms with van der Waals surface area (Å²) in [6.07, 6.45) is 3.52. The number of benzene rings is 2. The minimum absolute atomic E-state index is 0.0544. The molecule has 1 heterocycles. The van der Waals surface area contributed by atoms with Gasteiger partial charge in [-0.3, -0.25) is 4.79 Å². The summed E-state index contributed by atoms with van der Waals surface area (Å²) in [5.41, 5.74) is 1.02. The SMILES string of the molecule is CC(C)N(Cc1nccn1Cc1ccc(Cl)c(Cl)c1)C(=O)c1ccccc1F. The van der Waals surface area contributed by atoms with E-state index in [0.717, 1.165) is 5.56 Å². The van der Waals surface area contributed by atoms with Gasteiger partial charge in [-0.25, -0.2) is 9.37 Å². The molecule has 0 spiro atoms. The Bertz CT molecular complexity index is 987. The molecule has 0 bridgehead atoms. The third kappa shape index (κ3) is 4.54. The predicted molar refractivity (Wildman–Crippen MR) is 109 cm³/mol. The van der Waals surface area contributed by atoms with E-state index in [4.69, 9.17) is 23.2 Å². The first-order valence-electron chi connectivity index (χ1n) is 8.86. The molecular weight excluding hydrogens is 400 g/mol. The summed E-state index contributed by atoms with van der Waals surface area (Å²) in [6, 6.07) is 11.3. The van der Waals surface area contributed by atoms with Crippen LogP contribution in [-0.4, -0.2) is 26.4 Å². The maximum absolute atomic E-state index is 14.1. The predicted octanol–water partition coefficient (Wildman–Crippen LogP) is 5.43. The fraction of sp³-hybridized carbons (Fsp3) is 0.238. The van der Waals surface area contributed by atoms with E-state index < -0.39 is 5.82 Å². The molecule has 0 atom stereocenters. The van der Waals surface area contributed by atoms with Gasteiger partial charge in [0.1, 0.15) is 11.6 Å². The van der Waals surface area contributed by atoms with Crippen LogP contribution in [0.1, 0.15) is 35.6 Å². The molecule has 0 aliphatic carbocycles. The van der Waals surface area contributed by atoms with Crippen LogP contribution in [0.2, 0.25) is 10.0 Å². The van der Waals surface area contributed by atoms with Gasteiger partial charge in [0.25, 0.3) is 5.91 Å². The van der Waals surface area contributed by atoms with Crippen LogP contribution >= 0.6 is 23.2 Å². The van der Waals surface area contributed by atoms with Gasteiger partial charge in [-0.05, 0) is 43.7 Å². The lowest BCUT2D eigenvalue weighted by molar-refractivity contribution is 0.0678. The molecule has 4 nitrogen and oxygen atoms in total. The lowest BCUT2D eigenvalue weighted by Crippen LogP contribution is -2.37. The van der Waals surface area contributed by atoms with Crippen LogP contribution in [0.4, 0.5) is 4.39 Å². The van der Waals surface area contributed by atoms with Crippen molar-refractivity contribution in [2.24, 2.45) is 0 Å². The zero-order valence-corrected chi connectivity index (χ0v) is 17.1. The van der Waals surface area contributed by atoms with Gasteiger partial charge >= 0.3 is 0 Å². The van der Waals surface area contributed by atoms with E-state index in [1.165, 1.54) is 12.1 Å². The zero-order chi connectivity index (χ0) is 20.3. The fourth-order valence-corrected chi connectivity index (χ4v) is 3.22. The summed E-state index contributed by atoms with van der Waals surface area (Å²) in [5.74, 6) is -0.195. The molecule has 1 aromatic heterocycles. The van der Waals surface area contributed by atoms with E-state index in [0.29, 0.717) is 22.4 Å². The van der Waals surface area contributed by atoms with Crippen LogP contribution in [0.15, 0.2) is 54.9 Å². The van der Waals surface area contributed by atoms with E-state index >= 15 is 0 Å². The minimum atomic E-state index is -0.530. The summed E-state index contributed by atoms with van der Waals surface area (Å²) in [4.78, 5) is 18.9. The molecule has 7 heteroatoms. The van der Waals surface area contributed by atoms with Crippen molar-refractivity contribution in [3.8, 4) is 0 Å². The third-order valence-corrected chi connectivity index (χ3v) is 5.18. The second kappa shape index (κ2) is 8.76. The third-order valence-electron chi connectivity index (χ3n) is 4.44. The van der Waals surface area contributed by atoms with Crippen LogP contribution in [0.3, 0.4) is 0 Å². The summed E-state index contributed by atoms with van der Waals surface area (Å²) >= 11 is 12.1. The summed E-state index contributed by atoms with van der Waals surface area (Å²) < 4.78 is 16.0. The monoisotopic (exact) mass is 419 g/mol. The molecule has 0 aliphatic rings. The lowest BCUT2D eigenvalue weighted by Gasteiger charge is -2.27. The normalized spacial score (nSPS) is 11.1. The highest BCUT2D eigenvalue weighted by Gasteiger charge is 2.23. The second-order valence-corrected chi connectivity index (χ2v) is 7.54.